The van der Waals surface area contributed by atoms with Gasteiger partial charge >= 0.3 is 0 Å². The molecule has 1 aliphatic rings. The number of hydrogen-bond acceptors (Lipinski definition) is 3. The van der Waals surface area contributed by atoms with Gasteiger partial charge in [-0.15, -0.1) is 0 Å². The van der Waals surface area contributed by atoms with E-state index >= 15 is 0 Å². The number of nitrogens with zero attached hydrogens (tertiary/aromatic N) is 1. The van der Waals surface area contributed by atoms with Gasteiger partial charge in [-0.05, 0) is 32.6 Å². The number of nitrogens with two attached hydrogens (primary N) is 1. The fourth-order valence-electron chi connectivity index (χ4n) is 2.00. The molecule has 1 amide bonds. The second kappa shape index (κ2) is 5.32. The standard InChI is InChI=1S/C10H20N2O2/c1-8(11)10(14)12-6-3-2-4-9(12)5-7-13/h8-9,13H,2-7,11H2,1H3/t8-,9?/m1/s1. The zero-order chi connectivity index (χ0) is 10.6. The van der Waals surface area contributed by atoms with Gasteiger partial charge in [-0.1, -0.05) is 0 Å². The average molecular weight is 200 g/mol. The molecule has 0 spiro atoms. The lowest BCUT2D eigenvalue weighted by Gasteiger charge is -2.36. The van der Waals surface area contributed by atoms with Crippen LogP contribution in [0, 0.1) is 0 Å². The molecule has 0 bridgehead atoms. The summed E-state index contributed by atoms with van der Waals surface area (Å²) in [5.41, 5.74) is 5.57. The molecule has 0 radical (unpaired) electrons. The van der Waals surface area contributed by atoms with Gasteiger partial charge in [0.05, 0.1) is 6.04 Å². The molecule has 0 aliphatic carbocycles. The molecule has 1 rings (SSSR count). The molecule has 0 aromatic carbocycles. The normalized spacial score (nSPS) is 24.8. The Balaban J connectivity index is 2.57. The molecule has 82 valence electrons. The number of hydrogen-bond donors (Lipinski definition) is 2. The summed E-state index contributed by atoms with van der Waals surface area (Å²) >= 11 is 0. The van der Waals surface area contributed by atoms with Crippen molar-refractivity contribution >= 4 is 5.91 Å². The van der Waals surface area contributed by atoms with Crippen molar-refractivity contribution in [2.24, 2.45) is 5.73 Å². The number of likely N-dealkylation sites (tertiary alicyclic amines) is 1. The van der Waals surface area contributed by atoms with Crippen molar-refractivity contribution in [3.8, 4) is 0 Å². The third kappa shape index (κ3) is 2.69. The number of aliphatic hydroxyl groups is 1. The molecule has 2 atom stereocenters. The van der Waals surface area contributed by atoms with Gasteiger partial charge < -0.3 is 15.7 Å². The first-order chi connectivity index (χ1) is 6.66. The van der Waals surface area contributed by atoms with Gasteiger partial charge in [-0.3, -0.25) is 4.79 Å². The first-order valence-corrected chi connectivity index (χ1v) is 5.33. The fourth-order valence-corrected chi connectivity index (χ4v) is 2.00. The molecule has 1 heterocycles. The summed E-state index contributed by atoms with van der Waals surface area (Å²) in [4.78, 5) is 13.5. The molecule has 0 saturated carbocycles. The van der Waals surface area contributed by atoms with Gasteiger partial charge in [-0.25, -0.2) is 0 Å². The molecule has 1 aliphatic heterocycles. The van der Waals surface area contributed by atoms with E-state index in [4.69, 9.17) is 10.8 Å². The van der Waals surface area contributed by atoms with Crippen LogP contribution < -0.4 is 5.73 Å². The van der Waals surface area contributed by atoms with Crippen molar-refractivity contribution in [3.63, 3.8) is 0 Å². The Bertz CT molecular complexity index is 193. The molecule has 4 heteroatoms. The minimum absolute atomic E-state index is 0.0168. The van der Waals surface area contributed by atoms with Crippen molar-refractivity contribution in [1.82, 2.24) is 4.90 Å². The third-order valence-corrected chi connectivity index (χ3v) is 2.76. The van der Waals surface area contributed by atoms with E-state index in [1.165, 1.54) is 0 Å². The summed E-state index contributed by atoms with van der Waals surface area (Å²) in [5, 5.41) is 8.89. The Morgan fingerprint density at radius 1 is 1.64 bits per heavy atom. The maximum absolute atomic E-state index is 11.7. The number of carbonyl (C=O) groups excluding carboxylic acids is 1. The predicted octanol–water partition coefficient (Wildman–Crippen LogP) is 0.0971. The van der Waals surface area contributed by atoms with Crippen molar-refractivity contribution < 1.29 is 9.90 Å². The summed E-state index contributed by atoms with van der Waals surface area (Å²) in [7, 11) is 0. The van der Waals surface area contributed by atoms with Gasteiger partial charge in [0.15, 0.2) is 0 Å². The zero-order valence-corrected chi connectivity index (χ0v) is 8.78. The van der Waals surface area contributed by atoms with E-state index in [2.05, 4.69) is 0 Å². The molecule has 1 unspecified atom stereocenters. The summed E-state index contributed by atoms with van der Waals surface area (Å²) in [6, 6.07) is -0.221. The Kier molecular flexibility index (Phi) is 4.35. The van der Waals surface area contributed by atoms with E-state index in [1.807, 2.05) is 4.90 Å². The van der Waals surface area contributed by atoms with Crippen LogP contribution in [0.2, 0.25) is 0 Å². The Hall–Kier alpha value is -0.610. The second-order valence-electron chi connectivity index (χ2n) is 3.98. The highest BCUT2D eigenvalue weighted by molar-refractivity contribution is 5.81. The fraction of sp³-hybridized carbons (Fsp3) is 0.900. The smallest absolute Gasteiger partial charge is 0.239 e. The minimum Gasteiger partial charge on any atom is -0.396 e. The van der Waals surface area contributed by atoms with Crippen LogP contribution in [-0.4, -0.2) is 41.1 Å². The topological polar surface area (TPSA) is 66.6 Å². The highest BCUT2D eigenvalue weighted by Gasteiger charge is 2.27. The molecule has 1 saturated heterocycles. The van der Waals surface area contributed by atoms with Gasteiger partial charge in [-0.2, -0.15) is 0 Å². The van der Waals surface area contributed by atoms with Crippen molar-refractivity contribution in [1.29, 1.82) is 0 Å². The minimum atomic E-state index is -0.422. The summed E-state index contributed by atoms with van der Waals surface area (Å²) in [5.74, 6) is 0.0168. The third-order valence-electron chi connectivity index (χ3n) is 2.76. The van der Waals surface area contributed by atoms with Crippen LogP contribution in [0.5, 0.6) is 0 Å². The molecule has 1 fully saturated rings. The van der Waals surface area contributed by atoms with E-state index in [1.54, 1.807) is 6.92 Å². The molecule has 3 N–H and O–H groups in total. The number of carbonyl (C=O) groups is 1. The van der Waals surface area contributed by atoms with Crippen LogP contribution in [0.4, 0.5) is 0 Å². The first kappa shape index (κ1) is 11.5. The van der Waals surface area contributed by atoms with E-state index in [0.29, 0.717) is 6.42 Å². The second-order valence-corrected chi connectivity index (χ2v) is 3.98. The van der Waals surface area contributed by atoms with Crippen molar-refractivity contribution in [2.45, 2.75) is 44.7 Å². The SMILES string of the molecule is C[C@@H](N)C(=O)N1CCCCC1CCO. The highest BCUT2D eigenvalue weighted by Crippen LogP contribution is 2.19. The lowest BCUT2D eigenvalue weighted by Crippen LogP contribution is -2.50. The highest BCUT2D eigenvalue weighted by atomic mass is 16.3. The molecular formula is C10H20N2O2. The Morgan fingerprint density at radius 3 is 2.93 bits per heavy atom. The molecule has 4 nitrogen and oxygen atoms in total. The van der Waals surface area contributed by atoms with E-state index in [-0.39, 0.29) is 18.6 Å². The van der Waals surface area contributed by atoms with Crippen LogP contribution in [0.3, 0.4) is 0 Å². The quantitative estimate of drug-likeness (QED) is 0.679. The van der Waals surface area contributed by atoms with Crippen LogP contribution >= 0.6 is 0 Å². The van der Waals surface area contributed by atoms with E-state index in [9.17, 15) is 4.79 Å². The molecular weight excluding hydrogens is 180 g/mol. The predicted molar refractivity (Wildman–Crippen MR) is 54.7 cm³/mol. The van der Waals surface area contributed by atoms with Crippen molar-refractivity contribution in [2.75, 3.05) is 13.2 Å². The first-order valence-electron chi connectivity index (χ1n) is 5.33. The molecule has 0 aromatic rings. The number of piperidine rings is 1. The van der Waals surface area contributed by atoms with Crippen LogP contribution in [-0.2, 0) is 4.79 Å². The van der Waals surface area contributed by atoms with Gasteiger partial charge in [0.1, 0.15) is 0 Å². The Labute approximate surface area is 85.1 Å². The van der Waals surface area contributed by atoms with E-state index < -0.39 is 6.04 Å². The molecule has 14 heavy (non-hydrogen) atoms. The lowest BCUT2D eigenvalue weighted by atomic mass is 9.99. The number of amides is 1. The zero-order valence-electron chi connectivity index (χ0n) is 8.78. The van der Waals surface area contributed by atoms with Crippen LogP contribution in [0.15, 0.2) is 0 Å². The monoisotopic (exact) mass is 200 g/mol. The lowest BCUT2D eigenvalue weighted by molar-refractivity contribution is -0.136. The number of rotatable bonds is 3. The summed E-state index contributed by atoms with van der Waals surface area (Å²) < 4.78 is 0. The summed E-state index contributed by atoms with van der Waals surface area (Å²) in [6.07, 6.45) is 3.88. The van der Waals surface area contributed by atoms with Crippen LogP contribution in [0.25, 0.3) is 0 Å². The van der Waals surface area contributed by atoms with Crippen molar-refractivity contribution in [3.05, 3.63) is 0 Å². The summed E-state index contributed by atoms with van der Waals surface area (Å²) in [6.45, 7) is 2.66. The molecule has 0 aromatic heterocycles. The maximum Gasteiger partial charge on any atom is 0.239 e. The van der Waals surface area contributed by atoms with Crippen LogP contribution in [0.1, 0.15) is 32.6 Å². The average Bonchev–Trinajstić information content (AvgIpc) is 2.18. The van der Waals surface area contributed by atoms with Gasteiger partial charge in [0.2, 0.25) is 5.91 Å². The largest absolute Gasteiger partial charge is 0.396 e. The van der Waals surface area contributed by atoms with E-state index in [0.717, 1.165) is 25.8 Å². The maximum atomic E-state index is 11.7. The number of aliphatic hydroxyl groups excluding tert-OH is 1. The van der Waals surface area contributed by atoms with Gasteiger partial charge in [0, 0.05) is 19.2 Å². The Morgan fingerprint density at radius 2 is 2.36 bits per heavy atom. The van der Waals surface area contributed by atoms with Gasteiger partial charge in [0.25, 0.3) is 0 Å².